The summed E-state index contributed by atoms with van der Waals surface area (Å²) in [4.78, 5) is 2.80. The van der Waals surface area contributed by atoms with Gasteiger partial charge in [-0.05, 0) is 19.9 Å². The summed E-state index contributed by atoms with van der Waals surface area (Å²) in [7, 11) is -3.23. The van der Waals surface area contributed by atoms with E-state index in [0.29, 0.717) is 0 Å². The van der Waals surface area contributed by atoms with Crippen molar-refractivity contribution in [1.29, 1.82) is 0 Å². The zero-order valence-corrected chi connectivity index (χ0v) is 8.41. The Bertz CT molecular complexity index is 367. The number of rotatable bonds is 2. The molecular formula is C7H10ClNO2S. The van der Waals surface area contributed by atoms with Gasteiger partial charge in [-0.15, -0.1) is 0 Å². The molecule has 0 aliphatic carbocycles. The number of hydrogen-bond donors (Lipinski definition) is 1. The van der Waals surface area contributed by atoms with Crippen LogP contribution in [0.3, 0.4) is 0 Å². The molecule has 5 heteroatoms. The van der Waals surface area contributed by atoms with E-state index in [4.69, 9.17) is 11.6 Å². The second-order valence-corrected chi connectivity index (χ2v) is 5.60. The van der Waals surface area contributed by atoms with Crippen LogP contribution in [0.25, 0.3) is 0 Å². The molecule has 0 spiro atoms. The average molecular weight is 208 g/mol. The molecule has 0 fully saturated rings. The van der Waals surface area contributed by atoms with E-state index in [1.165, 1.54) is 12.3 Å². The summed E-state index contributed by atoms with van der Waals surface area (Å²) >= 11 is 5.63. The molecule has 0 saturated carbocycles. The summed E-state index contributed by atoms with van der Waals surface area (Å²) in [5.74, 6) is 0. The number of halogens is 1. The Morgan fingerprint density at radius 3 is 2.42 bits per heavy atom. The van der Waals surface area contributed by atoms with E-state index in [1.54, 1.807) is 13.8 Å². The van der Waals surface area contributed by atoms with Crippen molar-refractivity contribution >= 4 is 21.4 Å². The molecule has 1 N–H and O–H groups in total. The lowest BCUT2D eigenvalue weighted by atomic mass is 10.6. The van der Waals surface area contributed by atoms with Crippen LogP contribution >= 0.6 is 11.6 Å². The molecule has 0 atom stereocenters. The fourth-order valence-electron chi connectivity index (χ4n) is 0.808. The summed E-state index contributed by atoms with van der Waals surface area (Å²) in [6.07, 6.45) is 1.51. The quantitative estimate of drug-likeness (QED) is 0.805. The first kappa shape index (κ1) is 9.61. The van der Waals surface area contributed by atoms with E-state index in [1.807, 2.05) is 0 Å². The zero-order valence-electron chi connectivity index (χ0n) is 6.83. The maximum atomic E-state index is 11.5. The Morgan fingerprint density at radius 2 is 2.08 bits per heavy atom. The minimum Gasteiger partial charge on any atom is -0.351 e. The van der Waals surface area contributed by atoms with E-state index in [2.05, 4.69) is 4.98 Å². The van der Waals surface area contributed by atoms with E-state index in [0.717, 1.165) is 0 Å². The summed E-state index contributed by atoms with van der Waals surface area (Å²) in [5, 5.41) is -0.255. The van der Waals surface area contributed by atoms with E-state index in [-0.39, 0.29) is 10.0 Å². The van der Waals surface area contributed by atoms with Gasteiger partial charge in [-0.25, -0.2) is 8.42 Å². The van der Waals surface area contributed by atoms with Gasteiger partial charge in [-0.1, -0.05) is 11.6 Å². The second kappa shape index (κ2) is 3.11. The molecule has 68 valence electrons. The Morgan fingerprint density at radius 1 is 1.50 bits per heavy atom. The zero-order chi connectivity index (χ0) is 9.35. The molecule has 0 amide bonds. The van der Waals surface area contributed by atoms with Crippen molar-refractivity contribution in [2.45, 2.75) is 24.0 Å². The number of hydrogen-bond acceptors (Lipinski definition) is 2. The van der Waals surface area contributed by atoms with E-state index in [9.17, 15) is 8.42 Å². The topological polar surface area (TPSA) is 49.9 Å². The molecule has 0 aliphatic heterocycles. The highest BCUT2D eigenvalue weighted by Crippen LogP contribution is 2.22. The lowest BCUT2D eigenvalue weighted by Crippen LogP contribution is -2.13. The Labute approximate surface area is 76.7 Å². The lowest BCUT2D eigenvalue weighted by Gasteiger charge is -2.04. The maximum absolute atomic E-state index is 11.5. The molecule has 1 aromatic rings. The van der Waals surface area contributed by atoms with Crippen molar-refractivity contribution in [2.24, 2.45) is 0 Å². The van der Waals surface area contributed by atoms with Gasteiger partial charge >= 0.3 is 0 Å². The number of nitrogens with one attached hydrogen (secondary N) is 1. The van der Waals surface area contributed by atoms with Gasteiger partial charge in [-0.3, -0.25) is 0 Å². The summed E-state index contributed by atoms with van der Waals surface area (Å²) < 4.78 is 23.0. The standard InChI is InChI=1S/C7H10ClNO2S/c1-5(2)12(10,11)6-3-4-9-7(6)8/h3-5,9H,1-2H3. The van der Waals surface area contributed by atoms with Crippen LogP contribution in [0.15, 0.2) is 17.2 Å². The third-order valence-electron chi connectivity index (χ3n) is 1.59. The summed E-state index contributed by atoms with van der Waals surface area (Å²) in [5.41, 5.74) is 0. The smallest absolute Gasteiger partial charge is 0.183 e. The molecular weight excluding hydrogens is 198 g/mol. The summed E-state index contributed by atoms with van der Waals surface area (Å²) in [6.45, 7) is 3.25. The van der Waals surface area contributed by atoms with Gasteiger partial charge < -0.3 is 4.98 Å². The highest BCUT2D eigenvalue weighted by atomic mass is 35.5. The molecule has 1 rings (SSSR count). The molecule has 3 nitrogen and oxygen atoms in total. The SMILES string of the molecule is CC(C)S(=O)(=O)c1cc[nH]c1Cl. The van der Waals surface area contributed by atoms with Crippen LogP contribution in [0.2, 0.25) is 5.15 Å². The van der Waals surface area contributed by atoms with Crippen LogP contribution < -0.4 is 0 Å². The first-order valence-electron chi connectivity index (χ1n) is 3.53. The van der Waals surface area contributed by atoms with Crippen molar-refractivity contribution < 1.29 is 8.42 Å². The number of H-pyrrole nitrogens is 1. The molecule has 0 aromatic carbocycles. The fraction of sp³-hybridized carbons (Fsp3) is 0.429. The predicted molar refractivity (Wildman–Crippen MR) is 48.1 cm³/mol. The van der Waals surface area contributed by atoms with Gasteiger partial charge in [0.1, 0.15) is 10.0 Å². The van der Waals surface area contributed by atoms with Gasteiger partial charge in [0, 0.05) is 6.20 Å². The molecule has 0 radical (unpaired) electrons. The third kappa shape index (κ3) is 1.49. The van der Waals surface area contributed by atoms with Crippen LogP contribution in [-0.2, 0) is 9.84 Å². The minimum atomic E-state index is -3.23. The molecule has 0 aliphatic rings. The Kier molecular flexibility index (Phi) is 2.49. The van der Waals surface area contributed by atoms with Crippen molar-refractivity contribution in [3.8, 4) is 0 Å². The fourth-order valence-corrected chi connectivity index (χ4v) is 2.33. The molecule has 0 saturated heterocycles. The molecule has 1 aromatic heterocycles. The first-order valence-corrected chi connectivity index (χ1v) is 5.45. The summed E-state index contributed by atoms with van der Waals surface area (Å²) in [6, 6.07) is 1.47. The van der Waals surface area contributed by atoms with Crippen molar-refractivity contribution in [3.63, 3.8) is 0 Å². The minimum absolute atomic E-state index is 0.180. The van der Waals surface area contributed by atoms with Gasteiger partial charge in [0.2, 0.25) is 0 Å². The van der Waals surface area contributed by atoms with Crippen LogP contribution in [0.4, 0.5) is 0 Å². The van der Waals surface area contributed by atoms with Gasteiger partial charge in [0.15, 0.2) is 9.84 Å². The van der Waals surface area contributed by atoms with Crippen LogP contribution in [0.5, 0.6) is 0 Å². The largest absolute Gasteiger partial charge is 0.351 e. The Hall–Kier alpha value is -0.480. The van der Waals surface area contributed by atoms with Crippen LogP contribution in [0, 0.1) is 0 Å². The number of aromatic amines is 1. The molecule has 12 heavy (non-hydrogen) atoms. The van der Waals surface area contributed by atoms with Crippen molar-refractivity contribution in [3.05, 3.63) is 17.4 Å². The maximum Gasteiger partial charge on any atom is 0.183 e. The number of aromatic nitrogens is 1. The lowest BCUT2D eigenvalue weighted by molar-refractivity contribution is 0.587. The number of sulfone groups is 1. The highest BCUT2D eigenvalue weighted by molar-refractivity contribution is 7.92. The van der Waals surface area contributed by atoms with E-state index < -0.39 is 15.1 Å². The van der Waals surface area contributed by atoms with Crippen molar-refractivity contribution in [1.82, 2.24) is 4.98 Å². The molecule has 0 bridgehead atoms. The van der Waals surface area contributed by atoms with Crippen molar-refractivity contribution in [2.75, 3.05) is 0 Å². The highest BCUT2D eigenvalue weighted by Gasteiger charge is 2.22. The van der Waals surface area contributed by atoms with Gasteiger partial charge in [0.05, 0.1) is 5.25 Å². The van der Waals surface area contributed by atoms with Gasteiger partial charge in [-0.2, -0.15) is 0 Å². The van der Waals surface area contributed by atoms with Gasteiger partial charge in [0.25, 0.3) is 0 Å². The first-order chi connectivity index (χ1) is 5.46. The van der Waals surface area contributed by atoms with E-state index >= 15 is 0 Å². The van der Waals surface area contributed by atoms with Crippen LogP contribution in [-0.4, -0.2) is 18.7 Å². The normalized spacial score (nSPS) is 12.3. The average Bonchev–Trinajstić information content (AvgIpc) is 2.35. The van der Waals surface area contributed by atoms with Crippen LogP contribution in [0.1, 0.15) is 13.8 Å². The Balaban J connectivity index is 3.24. The predicted octanol–water partition coefficient (Wildman–Crippen LogP) is 1.85. The molecule has 1 heterocycles. The second-order valence-electron chi connectivity index (χ2n) is 2.75. The third-order valence-corrected chi connectivity index (χ3v) is 4.21. The molecule has 0 unspecified atom stereocenters. The monoisotopic (exact) mass is 207 g/mol.